The first-order valence-corrected chi connectivity index (χ1v) is 5.47. The monoisotopic (exact) mass is 210 g/mol. The lowest BCUT2D eigenvalue weighted by atomic mass is 10.3. The Labute approximate surface area is 78.1 Å². The number of rotatable bonds is 5. The molecule has 0 aliphatic carbocycles. The average Bonchev–Trinajstić information content (AvgIpc) is 2.01. The molecule has 6 heteroatoms. The van der Waals surface area contributed by atoms with Crippen molar-refractivity contribution in [2.45, 2.75) is 38.9 Å². The van der Waals surface area contributed by atoms with E-state index in [2.05, 4.69) is 9.22 Å². The molecule has 1 unspecified atom stereocenters. The Balaban J connectivity index is 4.15. The first-order valence-electron chi connectivity index (χ1n) is 4.00. The highest BCUT2D eigenvalue weighted by Gasteiger charge is 2.23. The normalized spacial score (nSPS) is 13.8. The van der Waals surface area contributed by atoms with Crippen LogP contribution in [0.25, 0.3) is 0 Å². The van der Waals surface area contributed by atoms with E-state index < -0.39 is 21.3 Å². The van der Waals surface area contributed by atoms with E-state index in [0.717, 1.165) is 13.3 Å². The van der Waals surface area contributed by atoms with Gasteiger partial charge in [0.2, 0.25) is 0 Å². The molecule has 0 spiro atoms. The smallest absolute Gasteiger partial charge is 0.282 e. The van der Waals surface area contributed by atoms with Gasteiger partial charge in [-0.15, -0.1) is 0 Å². The molecule has 1 atom stereocenters. The molecular formula is C7H14O5S. The van der Waals surface area contributed by atoms with Crippen LogP contribution in [-0.4, -0.2) is 19.6 Å². The van der Waals surface area contributed by atoms with Gasteiger partial charge in [0.25, 0.3) is 0 Å². The van der Waals surface area contributed by atoms with E-state index in [1.165, 1.54) is 6.92 Å². The van der Waals surface area contributed by atoms with Gasteiger partial charge in [0.1, 0.15) is 0 Å². The summed E-state index contributed by atoms with van der Waals surface area (Å²) in [4.78, 5) is 14.2. The lowest BCUT2D eigenvalue weighted by molar-refractivity contribution is -0.208. The summed E-state index contributed by atoms with van der Waals surface area (Å²) >= 11 is 0. The minimum Gasteiger partial charge on any atom is -0.282 e. The first kappa shape index (κ1) is 12.4. The molecular weight excluding hydrogens is 196 g/mol. The van der Waals surface area contributed by atoms with Gasteiger partial charge in [-0.3, -0.25) is 4.89 Å². The number of hydrogen-bond acceptors (Lipinski definition) is 5. The van der Waals surface area contributed by atoms with Crippen LogP contribution in [0.4, 0.5) is 0 Å². The van der Waals surface area contributed by atoms with Crippen LogP contribution in [0.1, 0.15) is 33.6 Å². The second kappa shape index (κ2) is 5.18. The summed E-state index contributed by atoms with van der Waals surface area (Å²) in [6.07, 6.45) is 1.20. The molecule has 0 rings (SSSR count). The topological polar surface area (TPSA) is 69.7 Å². The molecule has 0 N–H and O–H groups in total. The summed E-state index contributed by atoms with van der Waals surface area (Å²) in [7, 11) is -3.76. The minimum atomic E-state index is -3.76. The van der Waals surface area contributed by atoms with Crippen LogP contribution in [-0.2, 0) is 24.1 Å². The van der Waals surface area contributed by atoms with E-state index in [1.807, 2.05) is 6.92 Å². The highest BCUT2D eigenvalue weighted by Crippen LogP contribution is 2.10. The Bertz CT molecular complexity index is 256. The van der Waals surface area contributed by atoms with Gasteiger partial charge in [-0.05, 0) is 13.3 Å². The highest BCUT2D eigenvalue weighted by molar-refractivity contribution is 7.87. The Hall–Kier alpha value is -0.620. The van der Waals surface area contributed by atoms with E-state index >= 15 is 0 Å². The number of hydrogen-bond donors (Lipinski definition) is 0. The van der Waals surface area contributed by atoms with Crippen LogP contribution < -0.4 is 0 Å². The maximum atomic E-state index is 11.1. The molecule has 0 aromatic carbocycles. The molecule has 0 bridgehead atoms. The lowest BCUT2D eigenvalue weighted by Crippen LogP contribution is -2.21. The van der Waals surface area contributed by atoms with Gasteiger partial charge in [0.05, 0.1) is 5.25 Å². The Morgan fingerprint density at radius 2 is 2.00 bits per heavy atom. The predicted molar refractivity (Wildman–Crippen MR) is 46.1 cm³/mol. The Morgan fingerprint density at radius 3 is 2.38 bits per heavy atom. The Morgan fingerprint density at radius 1 is 1.46 bits per heavy atom. The molecule has 0 radical (unpaired) electrons. The average molecular weight is 210 g/mol. The Kier molecular flexibility index (Phi) is 4.94. The van der Waals surface area contributed by atoms with Gasteiger partial charge in [-0.1, -0.05) is 17.7 Å². The third-order valence-electron chi connectivity index (χ3n) is 1.43. The summed E-state index contributed by atoms with van der Waals surface area (Å²) in [5.74, 6) is -0.785. The third-order valence-corrected chi connectivity index (χ3v) is 2.91. The van der Waals surface area contributed by atoms with Crippen molar-refractivity contribution in [2.75, 3.05) is 0 Å². The van der Waals surface area contributed by atoms with Crippen LogP contribution in [0, 0.1) is 0 Å². The standard InChI is InChI=1S/C7H14O5S/c1-4-5-6(2)13(9,10)12-11-7(3)8/h6H,4-5H2,1-3H3. The van der Waals surface area contributed by atoms with Crippen molar-refractivity contribution >= 4 is 16.1 Å². The van der Waals surface area contributed by atoms with Crippen molar-refractivity contribution in [3.8, 4) is 0 Å². The first-order chi connectivity index (χ1) is 5.90. The van der Waals surface area contributed by atoms with Gasteiger partial charge in [0, 0.05) is 6.92 Å². The largest absolute Gasteiger partial charge is 0.340 e. The fourth-order valence-electron chi connectivity index (χ4n) is 0.713. The zero-order valence-electron chi connectivity index (χ0n) is 7.94. The number of carbonyl (C=O) groups is 1. The third kappa shape index (κ3) is 4.84. The van der Waals surface area contributed by atoms with Crippen LogP contribution >= 0.6 is 0 Å². The zero-order chi connectivity index (χ0) is 10.5. The van der Waals surface area contributed by atoms with Gasteiger partial charge in [-0.2, -0.15) is 8.42 Å². The quantitative estimate of drug-likeness (QED) is 0.500. The van der Waals surface area contributed by atoms with Gasteiger partial charge >= 0.3 is 16.1 Å². The summed E-state index contributed by atoms with van der Waals surface area (Å²) in [5, 5.41) is -0.656. The van der Waals surface area contributed by atoms with Crippen molar-refractivity contribution < 1.29 is 22.4 Å². The molecule has 0 aliphatic heterocycles. The molecule has 0 amide bonds. The molecule has 0 saturated carbocycles. The summed E-state index contributed by atoms with van der Waals surface area (Å²) in [5.41, 5.74) is 0. The lowest BCUT2D eigenvalue weighted by Gasteiger charge is -2.08. The van der Waals surface area contributed by atoms with E-state index in [9.17, 15) is 13.2 Å². The molecule has 0 saturated heterocycles. The number of carbonyl (C=O) groups excluding carboxylic acids is 1. The minimum absolute atomic E-state index is 0.476. The van der Waals surface area contributed by atoms with Crippen molar-refractivity contribution in [1.82, 2.24) is 0 Å². The van der Waals surface area contributed by atoms with E-state index in [1.54, 1.807) is 0 Å². The van der Waals surface area contributed by atoms with E-state index in [4.69, 9.17) is 0 Å². The maximum Gasteiger partial charge on any atom is 0.340 e. The van der Waals surface area contributed by atoms with Crippen LogP contribution in [0.3, 0.4) is 0 Å². The van der Waals surface area contributed by atoms with E-state index in [0.29, 0.717) is 6.42 Å². The van der Waals surface area contributed by atoms with Crippen molar-refractivity contribution in [3.05, 3.63) is 0 Å². The van der Waals surface area contributed by atoms with Crippen LogP contribution in [0.15, 0.2) is 0 Å². The van der Waals surface area contributed by atoms with Crippen molar-refractivity contribution in [1.29, 1.82) is 0 Å². The van der Waals surface area contributed by atoms with E-state index in [-0.39, 0.29) is 0 Å². The molecule has 0 aliphatic rings. The van der Waals surface area contributed by atoms with Crippen molar-refractivity contribution in [2.24, 2.45) is 0 Å². The molecule has 0 aromatic rings. The van der Waals surface area contributed by atoms with Crippen LogP contribution in [0.2, 0.25) is 0 Å². The second-order valence-electron chi connectivity index (χ2n) is 2.74. The highest BCUT2D eigenvalue weighted by atomic mass is 32.2. The van der Waals surface area contributed by atoms with Crippen LogP contribution in [0.5, 0.6) is 0 Å². The van der Waals surface area contributed by atoms with Gasteiger partial charge < -0.3 is 0 Å². The van der Waals surface area contributed by atoms with Gasteiger partial charge in [0.15, 0.2) is 0 Å². The fourth-order valence-corrected chi connectivity index (χ4v) is 1.56. The summed E-state index contributed by atoms with van der Waals surface area (Å²) < 4.78 is 26.3. The predicted octanol–water partition coefficient (Wildman–Crippen LogP) is 1.000. The fraction of sp³-hybridized carbons (Fsp3) is 0.857. The summed E-state index contributed by atoms with van der Waals surface area (Å²) in [6.45, 7) is 4.43. The zero-order valence-corrected chi connectivity index (χ0v) is 8.76. The molecule has 0 heterocycles. The second-order valence-corrected chi connectivity index (χ2v) is 4.66. The maximum absolute atomic E-state index is 11.1. The van der Waals surface area contributed by atoms with Crippen molar-refractivity contribution in [3.63, 3.8) is 0 Å². The molecule has 5 nitrogen and oxygen atoms in total. The molecule has 78 valence electrons. The summed E-state index contributed by atoms with van der Waals surface area (Å²) in [6, 6.07) is 0. The molecule has 0 fully saturated rings. The molecule has 13 heavy (non-hydrogen) atoms. The van der Waals surface area contributed by atoms with Gasteiger partial charge in [-0.25, -0.2) is 4.79 Å². The molecule has 0 aromatic heterocycles. The SMILES string of the molecule is CCCC(C)S(=O)(=O)OOC(C)=O.